The Morgan fingerprint density at radius 3 is 2.12 bits per heavy atom. The number of carbonyl (C=O) groups excluding carboxylic acids is 2. The van der Waals surface area contributed by atoms with Gasteiger partial charge in [-0.15, -0.1) is 0 Å². The number of nitrogens with zero attached hydrogens (tertiary/aromatic N) is 1. The number of aliphatic hydroxyl groups is 1. The summed E-state index contributed by atoms with van der Waals surface area (Å²) in [5.74, 6) is -0.186. The highest BCUT2D eigenvalue weighted by molar-refractivity contribution is 5.98. The Bertz CT molecular complexity index is 264. The summed E-state index contributed by atoms with van der Waals surface area (Å²) in [6.07, 6.45) is 2.01. The van der Waals surface area contributed by atoms with Gasteiger partial charge in [-0.2, -0.15) is 0 Å². The number of hydrogen-bond donors (Lipinski definition) is 1. The van der Waals surface area contributed by atoms with E-state index in [4.69, 9.17) is 5.11 Å². The lowest BCUT2D eigenvalue weighted by molar-refractivity contribution is -0.154. The summed E-state index contributed by atoms with van der Waals surface area (Å²) in [5.41, 5.74) is -0.189. The van der Waals surface area contributed by atoms with Crippen LogP contribution in [0.1, 0.15) is 46.5 Å². The van der Waals surface area contributed by atoms with Crippen molar-refractivity contribution in [1.29, 1.82) is 0 Å². The average molecular weight is 227 g/mol. The first-order valence-corrected chi connectivity index (χ1v) is 5.83. The van der Waals surface area contributed by atoms with Crippen molar-refractivity contribution < 1.29 is 14.7 Å². The van der Waals surface area contributed by atoms with Gasteiger partial charge in [-0.05, 0) is 18.3 Å². The highest BCUT2D eigenvalue weighted by Gasteiger charge is 2.38. The molecule has 0 saturated carbocycles. The maximum absolute atomic E-state index is 11.8. The monoisotopic (exact) mass is 227 g/mol. The molecule has 1 atom stereocenters. The van der Waals surface area contributed by atoms with E-state index in [1.165, 1.54) is 4.90 Å². The normalized spacial score (nSPS) is 20.1. The Morgan fingerprint density at radius 1 is 1.25 bits per heavy atom. The van der Waals surface area contributed by atoms with Gasteiger partial charge in [-0.25, -0.2) is 0 Å². The van der Waals surface area contributed by atoms with Gasteiger partial charge in [0.1, 0.15) is 0 Å². The largest absolute Gasteiger partial charge is 0.396 e. The minimum atomic E-state index is -0.196. The fourth-order valence-electron chi connectivity index (χ4n) is 2.19. The molecule has 1 fully saturated rings. The van der Waals surface area contributed by atoms with E-state index in [-0.39, 0.29) is 29.9 Å². The van der Waals surface area contributed by atoms with Gasteiger partial charge in [-0.1, -0.05) is 20.8 Å². The van der Waals surface area contributed by atoms with Crippen LogP contribution in [-0.4, -0.2) is 34.5 Å². The van der Waals surface area contributed by atoms with Crippen molar-refractivity contribution in [2.24, 2.45) is 5.41 Å². The number of piperidine rings is 1. The van der Waals surface area contributed by atoms with Crippen molar-refractivity contribution in [1.82, 2.24) is 4.90 Å². The van der Waals surface area contributed by atoms with Crippen LogP contribution in [0.4, 0.5) is 0 Å². The van der Waals surface area contributed by atoms with E-state index in [9.17, 15) is 9.59 Å². The second-order valence-corrected chi connectivity index (χ2v) is 5.41. The maximum atomic E-state index is 11.8. The van der Waals surface area contributed by atoms with Gasteiger partial charge >= 0.3 is 0 Å². The van der Waals surface area contributed by atoms with Crippen LogP contribution >= 0.6 is 0 Å². The molecule has 1 aliphatic rings. The van der Waals surface area contributed by atoms with Crippen molar-refractivity contribution in [2.45, 2.75) is 52.5 Å². The van der Waals surface area contributed by atoms with Crippen molar-refractivity contribution in [2.75, 3.05) is 6.61 Å². The van der Waals surface area contributed by atoms with Crippen LogP contribution in [0.2, 0.25) is 0 Å². The maximum Gasteiger partial charge on any atom is 0.229 e. The number of hydrogen-bond acceptors (Lipinski definition) is 3. The third-order valence-electron chi connectivity index (χ3n) is 3.03. The Balaban J connectivity index is 2.91. The molecule has 92 valence electrons. The molecule has 16 heavy (non-hydrogen) atoms. The van der Waals surface area contributed by atoms with Crippen molar-refractivity contribution in [3.63, 3.8) is 0 Å². The molecular formula is C12H21NO3. The summed E-state index contributed by atoms with van der Waals surface area (Å²) in [6.45, 7) is 5.96. The molecule has 1 rings (SSSR count). The lowest BCUT2D eigenvalue weighted by Gasteiger charge is -2.40. The second-order valence-electron chi connectivity index (χ2n) is 5.41. The molecule has 1 unspecified atom stereocenters. The Hall–Kier alpha value is -0.900. The molecule has 0 aromatic heterocycles. The van der Waals surface area contributed by atoms with Crippen LogP contribution in [0.25, 0.3) is 0 Å². The van der Waals surface area contributed by atoms with E-state index < -0.39 is 0 Å². The molecular weight excluding hydrogens is 206 g/mol. The van der Waals surface area contributed by atoms with E-state index in [0.717, 1.165) is 0 Å². The lowest BCUT2D eigenvalue weighted by Crippen LogP contribution is -2.52. The summed E-state index contributed by atoms with van der Waals surface area (Å²) < 4.78 is 0. The van der Waals surface area contributed by atoms with Gasteiger partial charge in [0.25, 0.3) is 0 Å². The average Bonchev–Trinajstić information content (AvgIpc) is 2.14. The zero-order chi connectivity index (χ0) is 12.3. The highest BCUT2D eigenvalue weighted by atomic mass is 16.3. The Morgan fingerprint density at radius 2 is 1.75 bits per heavy atom. The van der Waals surface area contributed by atoms with Gasteiger partial charge < -0.3 is 5.11 Å². The summed E-state index contributed by atoms with van der Waals surface area (Å²) in [5, 5.41) is 9.05. The number of likely N-dealkylation sites (tertiary alicyclic amines) is 1. The molecule has 1 saturated heterocycles. The SMILES string of the molecule is CC(C)(C)C(CCO)N1C(=O)CCCC1=O. The minimum absolute atomic E-state index is 0.000995. The second kappa shape index (κ2) is 4.95. The molecule has 0 bridgehead atoms. The first-order valence-electron chi connectivity index (χ1n) is 5.83. The highest BCUT2D eigenvalue weighted by Crippen LogP contribution is 2.30. The van der Waals surface area contributed by atoms with Gasteiger partial charge in [0, 0.05) is 25.5 Å². The van der Waals surface area contributed by atoms with E-state index in [1.807, 2.05) is 20.8 Å². The zero-order valence-corrected chi connectivity index (χ0v) is 10.3. The molecule has 0 aliphatic carbocycles. The standard InChI is InChI=1S/C12H21NO3/c1-12(2,3)9(7-8-14)13-10(15)5-4-6-11(13)16/h9,14H,4-8H2,1-3H3. The number of rotatable bonds is 3. The summed E-state index contributed by atoms with van der Waals surface area (Å²) in [7, 11) is 0. The molecule has 0 spiro atoms. The molecule has 0 aromatic rings. The third kappa shape index (κ3) is 2.82. The predicted molar refractivity (Wildman–Crippen MR) is 60.6 cm³/mol. The molecule has 0 radical (unpaired) electrons. The number of aliphatic hydroxyl groups excluding tert-OH is 1. The number of amides is 2. The van der Waals surface area contributed by atoms with Gasteiger partial charge in [0.15, 0.2) is 0 Å². The fraction of sp³-hybridized carbons (Fsp3) is 0.833. The Labute approximate surface area is 96.6 Å². The topological polar surface area (TPSA) is 57.6 Å². The van der Waals surface area contributed by atoms with Crippen LogP contribution in [0.15, 0.2) is 0 Å². The Kier molecular flexibility index (Phi) is 4.08. The van der Waals surface area contributed by atoms with Gasteiger partial charge in [0.05, 0.1) is 0 Å². The molecule has 4 heteroatoms. The van der Waals surface area contributed by atoms with Crippen LogP contribution in [-0.2, 0) is 9.59 Å². The first kappa shape index (κ1) is 13.2. The van der Waals surface area contributed by atoms with E-state index in [2.05, 4.69) is 0 Å². The van der Waals surface area contributed by atoms with Crippen LogP contribution in [0, 0.1) is 5.41 Å². The van der Waals surface area contributed by atoms with Crippen molar-refractivity contribution in [3.05, 3.63) is 0 Å². The van der Waals surface area contributed by atoms with Crippen molar-refractivity contribution in [3.8, 4) is 0 Å². The van der Waals surface area contributed by atoms with Crippen LogP contribution < -0.4 is 0 Å². The fourth-order valence-corrected chi connectivity index (χ4v) is 2.19. The van der Waals surface area contributed by atoms with E-state index in [1.54, 1.807) is 0 Å². The zero-order valence-electron chi connectivity index (χ0n) is 10.3. The molecule has 2 amide bonds. The van der Waals surface area contributed by atoms with Gasteiger partial charge in [0.2, 0.25) is 11.8 Å². The summed E-state index contributed by atoms with van der Waals surface area (Å²) >= 11 is 0. The quantitative estimate of drug-likeness (QED) is 0.740. The lowest BCUT2D eigenvalue weighted by atomic mass is 9.82. The van der Waals surface area contributed by atoms with Crippen LogP contribution in [0.5, 0.6) is 0 Å². The minimum Gasteiger partial charge on any atom is -0.396 e. The van der Waals surface area contributed by atoms with Crippen LogP contribution in [0.3, 0.4) is 0 Å². The predicted octanol–water partition coefficient (Wildman–Crippen LogP) is 1.32. The molecule has 1 heterocycles. The number of carbonyl (C=O) groups is 2. The smallest absolute Gasteiger partial charge is 0.229 e. The third-order valence-corrected chi connectivity index (χ3v) is 3.03. The number of imide groups is 1. The molecule has 4 nitrogen and oxygen atoms in total. The van der Waals surface area contributed by atoms with E-state index >= 15 is 0 Å². The summed E-state index contributed by atoms with van der Waals surface area (Å²) in [4.78, 5) is 25.0. The first-order chi connectivity index (χ1) is 7.38. The van der Waals surface area contributed by atoms with Crippen molar-refractivity contribution >= 4 is 11.8 Å². The molecule has 1 N–H and O–H groups in total. The van der Waals surface area contributed by atoms with Gasteiger partial charge in [-0.3, -0.25) is 14.5 Å². The van der Waals surface area contributed by atoms with E-state index in [0.29, 0.717) is 25.7 Å². The molecule has 0 aromatic carbocycles. The summed E-state index contributed by atoms with van der Waals surface area (Å²) in [6, 6.07) is -0.196. The molecule has 1 aliphatic heterocycles.